The molecule has 0 unspecified atom stereocenters. The van der Waals surface area contributed by atoms with E-state index in [2.05, 4.69) is 20.6 Å². The fourth-order valence-corrected chi connectivity index (χ4v) is 2.60. The lowest BCUT2D eigenvalue weighted by molar-refractivity contribution is 0.0956. The molecule has 1 amide bonds. The van der Waals surface area contributed by atoms with E-state index in [-0.39, 0.29) is 5.91 Å². The lowest BCUT2D eigenvalue weighted by Gasteiger charge is -2.09. The van der Waals surface area contributed by atoms with E-state index in [4.69, 9.17) is 5.41 Å². The van der Waals surface area contributed by atoms with Crippen LogP contribution in [0.4, 0.5) is 0 Å². The predicted molar refractivity (Wildman–Crippen MR) is 99.8 cm³/mol. The summed E-state index contributed by atoms with van der Waals surface area (Å²) in [5, 5.41) is 13.9. The van der Waals surface area contributed by atoms with Gasteiger partial charge in [-0.1, -0.05) is 12.1 Å². The van der Waals surface area contributed by atoms with Crippen molar-refractivity contribution in [3.63, 3.8) is 0 Å². The van der Waals surface area contributed by atoms with Crippen LogP contribution in [0.15, 0.2) is 60.6 Å². The third-order valence-corrected chi connectivity index (χ3v) is 3.94. The lowest BCUT2D eigenvalue weighted by Crippen LogP contribution is -2.29. The van der Waals surface area contributed by atoms with Gasteiger partial charge in [-0.15, -0.1) is 0 Å². The molecule has 126 valence electrons. The molecule has 0 radical (unpaired) electrons. The van der Waals surface area contributed by atoms with E-state index in [1.807, 2.05) is 30.5 Å². The van der Waals surface area contributed by atoms with E-state index in [0.717, 1.165) is 27.9 Å². The summed E-state index contributed by atoms with van der Waals surface area (Å²) >= 11 is 0. The summed E-state index contributed by atoms with van der Waals surface area (Å²) in [6.07, 6.45) is 6.44. The second kappa shape index (κ2) is 7.44. The minimum absolute atomic E-state index is 0.162. The Kier molecular flexibility index (Phi) is 4.89. The zero-order valence-electron chi connectivity index (χ0n) is 13.8. The summed E-state index contributed by atoms with van der Waals surface area (Å²) < 4.78 is 0. The first kappa shape index (κ1) is 16.4. The standard InChI is InChI=1S/C19H19N5O/c1-21-15(6-9-20)12-24-19(25)14-4-2-13(3-5-14)18-16-7-10-22-17(16)8-11-23-18/h2-11,20-22H,12H2,1H3,(H,24,25)/b15-6-,20-9?. The van der Waals surface area contributed by atoms with Crippen LogP contribution in [-0.2, 0) is 0 Å². The van der Waals surface area contributed by atoms with Gasteiger partial charge in [0.1, 0.15) is 0 Å². The van der Waals surface area contributed by atoms with Gasteiger partial charge in [0.25, 0.3) is 5.91 Å². The fourth-order valence-electron chi connectivity index (χ4n) is 2.60. The molecule has 6 heteroatoms. The monoisotopic (exact) mass is 333 g/mol. The van der Waals surface area contributed by atoms with E-state index in [9.17, 15) is 4.79 Å². The number of benzene rings is 1. The van der Waals surface area contributed by atoms with Crippen LogP contribution in [0.3, 0.4) is 0 Å². The van der Waals surface area contributed by atoms with Crippen LogP contribution in [0.2, 0.25) is 0 Å². The molecule has 0 bridgehead atoms. The third kappa shape index (κ3) is 3.58. The van der Waals surface area contributed by atoms with Crippen molar-refractivity contribution < 1.29 is 4.79 Å². The fraction of sp³-hybridized carbons (Fsp3) is 0.105. The van der Waals surface area contributed by atoms with Crippen LogP contribution in [0.5, 0.6) is 0 Å². The van der Waals surface area contributed by atoms with Crippen molar-refractivity contribution in [3.8, 4) is 11.3 Å². The second-order valence-corrected chi connectivity index (χ2v) is 5.47. The Bertz CT molecular complexity index is 924. The number of hydrogen-bond acceptors (Lipinski definition) is 4. The Hall–Kier alpha value is -3.41. The zero-order chi connectivity index (χ0) is 17.6. The first-order valence-corrected chi connectivity index (χ1v) is 7.91. The summed E-state index contributed by atoms with van der Waals surface area (Å²) in [4.78, 5) is 19.9. The molecule has 0 aliphatic carbocycles. The molecule has 2 aromatic heterocycles. The van der Waals surface area contributed by atoms with Crippen molar-refractivity contribution in [2.24, 2.45) is 0 Å². The molecule has 6 nitrogen and oxygen atoms in total. The minimum atomic E-state index is -0.162. The molecular weight excluding hydrogens is 314 g/mol. The largest absolute Gasteiger partial charge is 0.390 e. The molecule has 3 rings (SSSR count). The Morgan fingerprint density at radius 3 is 2.76 bits per heavy atom. The molecule has 2 heterocycles. The second-order valence-electron chi connectivity index (χ2n) is 5.47. The van der Waals surface area contributed by atoms with Gasteiger partial charge in [-0.25, -0.2) is 0 Å². The third-order valence-electron chi connectivity index (χ3n) is 3.94. The van der Waals surface area contributed by atoms with Crippen LogP contribution < -0.4 is 10.6 Å². The summed E-state index contributed by atoms with van der Waals surface area (Å²) in [6, 6.07) is 11.3. The Balaban J connectivity index is 1.76. The van der Waals surface area contributed by atoms with Gasteiger partial charge in [0, 0.05) is 53.4 Å². The number of amides is 1. The highest BCUT2D eigenvalue weighted by Crippen LogP contribution is 2.25. The zero-order valence-corrected chi connectivity index (χ0v) is 13.8. The average molecular weight is 333 g/mol. The summed E-state index contributed by atoms with van der Waals surface area (Å²) in [5.41, 5.74) is 4.22. The number of allylic oxidation sites excluding steroid dienone is 1. The summed E-state index contributed by atoms with van der Waals surface area (Å²) in [6.45, 7) is 0.344. The summed E-state index contributed by atoms with van der Waals surface area (Å²) in [5.74, 6) is -0.162. The van der Waals surface area contributed by atoms with Crippen LogP contribution in [-0.4, -0.2) is 35.7 Å². The molecule has 0 saturated heterocycles. The lowest BCUT2D eigenvalue weighted by atomic mass is 10.1. The Morgan fingerprint density at radius 1 is 1.24 bits per heavy atom. The van der Waals surface area contributed by atoms with Gasteiger partial charge in [-0.2, -0.15) is 0 Å². The molecule has 0 atom stereocenters. The maximum Gasteiger partial charge on any atom is 0.251 e. The quantitative estimate of drug-likeness (QED) is 0.523. The Morgan fingerprint density at radius 2 is 2.04 bits per heavy atom. The smallest absolute Gasteiger partial charge is 0.251 e. The number of carbonyl (C=O) groups excluding carboxylic acids is 1. The van der Waals surface area contributed by atoms with Gasteiger partial charge in [0.15, 0.2) is 0 Å². The van der Waals surface area contributed by atoms with E-state index in [0.29, 0.717) is 12.1 Å². The molecule has 0 spiro atoms. The minimum Gasteiger partial charge on any atom is -0.390 e. The average Bonchev–Trinajstić information content (AvgIpc) is 3.14. The van der Waals surface area contributed by atoms with Crippen molar-refractivity contribution in [1.29, 1.82) is 5.41 Å². The number of nitrogens with one attached hydrogen (secondary N) is 4. The number of nitrogens with zero attached hydrogens (tertiary/aromatic N) is 1. The molecule has 1 aromatic carbocycles. The van der Waals surface area contributed by atoms with Crippen molar-refractivity contribution in [1.82, 2.24) is 20.6 Å². The maximum atomic E-state index is 12.2. The highest BCUT2D eigenvalue weighted by atomic mass is 16.1. The van der Waals surface area contributed by atoms with Gasteiger partial charge >= 0.3 is 0 Å². The number of fused-ring (bicyclic) bond motifs is 1. The molecule has 0 saturated carbocycles. The highest BCUT2D eigenvalue weighted by Gasteiger charge is 2.09. The van der Waals surface area contributed by atoms with Crippen LogP contribution in [0, 0.1) is 5.41 Å². The number of rotatable bonds is 6. The maximum absolute atomic E-state index is 12.2. The number of carbonyl (C=O) groups is 1. The summed E-state index contributed by atoms with van der Waals surface area (Å²) in [7, 11) is 1.75. The number of H-pyrrole nitrogens is 1. The molecule has 0 fully saturated rings. The van der Waals surface area contributed by atoms with Crippen molar-refractivity contribution in [3.05, 3.63) is 66.1 Å². The van der Waals surface area contributed by atoms with Crippen molar-refractivity contribution in [2.75, 3.05) is 13.6 Å². The topological polar surface area (TPSA) is 93.7 Å². The van der Waals surface area contributed by atoms with Crippen LogP contribution in [0.1, 0.15) is 10.4 Å². The number of likely N-dealkylation sites (N-methyl/N-ethyl adjacent to an activating group) is 1. The van der Waals surface area contributed by atoms with E-state index >= 15 is 0 Å². The SMILES string of the molecule is CN/C(=C\C=N)CNC(=O)c1ccc(-c2nccc3[nH]ccc23)cc1. The number of aromatic amines is 1. The predicted octanol–water partition coefficient (Wildman–Crippen LogP) is 2.71. The first-order chi connectivity index (χ1) is 12.2. The Labute approximate surface area is 145 Å². The molecule has 3 aromatic rings. The number of pyridine rings is 1. The molecule has 0 aliphatic heterocycles. The van der Waals surface area contributed by atoms with Crippen molar-refractivity contribution >= 4 is 23.0 Å². The van der Waals surface area contributed by atoms with E-state index in [1.54, 1.807) is 31.5 Å². The number of hydrogen-bond donors (Lipinski definition) is 4. The van der Waals surface area contributed by atoms with Gasteiger partial charge in [0.05, 0.1) is 12.2 Å². The highest BCUT2D eigenvalue weighted by molar-refractivity contribution is 5.96. The normalized spacial score (nSPS) is 11.3. The van der Waals surface area contributed by atoms with Gasteiger partial charge < -0.3 is 21.0 Å². The van der Waals surface area contributed by atoms with E-state index in [1.165, 1.54) is 6.21 Å². The number of aromatic nitrogens is 2. The van der Waals surface area contributed by atoms with Crippen LogP contribution in [0.25, 0.3) is 22.2 Å². The van der Waals surface area contributed by atoms with E-state index < -0.39 is 0 Å². The van der Waals surface area contributed by atoms with Crippen LogP contribution >= 0.6 is 0 Å². The first-order valence-electron chi connectivity index (χ1n) is 7.91. The molecule has 4 N–H and O–H groups in total. The molecule has 25 heavy (non-hydrogen) atoms. The van der Waals surface area contributed by atoms with Gasteiger partial charge in [0.2, 0.25) is 0 Å². The molecule has 0 aliphatic rings. The van der Waals surface area contributed by atoms with Gasteiger partial charge in [-0.05, 0) is 30.3 Å². The van der Waals surface area contributed by atoms with Gasteiger partial charge in [-0.3, -0.25) is 9.78 Å². The molecular formula is C19H19N5O. The van der Waals surface area contributed by atoms with Crippen molar-refractivity contribution in [2.45, 2.75) is 0 Å².